The van der Waals surface area contributed by atoms with E-state index in [1.807, 2.05) is 4.90 Å². The molecule has 1 saturated heterocycles. The normalized spacial score (nSPS) is 15.1. The molecule has 34 heavy (non-hydrogen) atoms. The van der Waals surface area contributed by atoms with Crippen LogP contribution in [0, 0.1) is 0 Å². The first-order chi connectivity index (χ1) is 16.0. The largest absolute Gasteiger partial charge is 0.446 e. The van der Waals surface area contributed by atoms with Crippen molar-refractivity contribution >= 4 is 23.4 Å². The van der Waals surface area contributed by atoms with E-state index in [1.54, 1.807) is 17.0 Å². The molecule has 1 fully saturated rings. The lowest BCUT2D eigenvalue weighted by molar-refractivity contribution is -0.141. The van der Waals surface area contributed by atoms with Crippen LogP contribution in [0.25, 0.3) is 0 Å². The highest BCUT2D eigenvalue weighted by Gasteiger charge is 2.33. The Balaban J connectivity index is 1.36. The van der Waals surface area contributed by atoms with Crippen molar-refractivity contribution in [3.63, 3.8) is 0 Å². The molecule has 0 bridgehead atoms. The number of piperazine rings is 1. The highest BCUT2D eigenvalue weighted by atomic mass is 32.2. The van der Waals surface area contributed by atoms with E-state index in [4.69, 9.17) is 0 Å². The van der Waals surface area contributed by atoms with Gasteiger partial charge in [0, 0.05) is 43.0 Å². The van der Waals surface area contributed by atoms with Crippen molar-refractivity contribution in [2.75, 3.05) is 36.0 Å². The molecule has 0 spiro atoms. The summed E-state index contributed by atoms with van der Waals surface area (Å²) in [4.78, 5) is 24.3. The third-order valence-corrected chi connectivity index (χ3v) is 5.72. The summed E-state index contributed by atoms with van der Waals surface area (Å²) in [7, 11) is 0. The maximum atomic E-state index is 12.7. The Morgan fingerprint density at radius 1 is 0.912 bits per heavy atom. The molecule has 2 aromatic heterocycles. The zero-order valence-electron chi connectivity index (χ0n) is 17.3. The van der Waals surface area contributed by atoms with Crippen molar-refractivity contribution in [1.29, 1.82) is 0 Å². The summed E-state index contributed by atoms with van der Waals surface area (Å²) in [6.45, 7) is 1.73. The van der Waals surface area contributed by atoms with Gasteiger partial charge in [-0.15, -0.1) is 0 Å². The van der Waals surface area contributed by atoms with Gasteiger partial charge in [-0.2, -0.15) is 36.4 Å². The van der Waals surface area contributed by atoms with E-state index in [2.05, 4.69) is 15.1 Å². The van der Waals surface area contributed by atoms with E-state index >= 15 is 0 Å². The molecule has 0 atom stereocenters. The molecule has 0 aliphatic carbocycles. The topological polar surface area (TPSA) is 72.1 Å². The van der Waals surface area contributed by atoms with Crippen LogP contribution in [0.5, 0.6) is 0 Å². The molecule has 8 nitrogen and oxygen atoms in total. The van der Waals surface area contributed by atoms with E-state index in [0.29, 0.717) is 26.2 Å². The van der Waals surface area contributed by atoms with Crippen molar-refractivity contribution in [2.45, 2.75) is 23.2 Å². The zero-order valence-corrected chi connectivity index (χ0v) is 18.1. The second-order valence-electron chi connectivity index (χ2n) is 7.30. The van der Waals surface area contributed by atoms with Gasteiger partial charge in [0.1, 0.15) is 13.0 Å². The summed E-state index contributed by atoms with van der Waals surface area (Å²) in [6, 6.07) is 6.89. The fraction of sp³-hybridized carbons (Fsp3) is 0.368. The van der Waals surface area contributed by atoms with Crippen LogP contribution < -0.4 is 15.5 Å². The zero-order chi connectivity index (χ0) is 24.5. The Bertz CT molecular complexity index is 1180. The molecule has 15 heteroatoms. The van der Waals surface area contributed by atoms with Gasteiger partial charge in [0.25, 0.3) is 0 Å². The first-order valence-corrected chi connectivity index (χ1v) is 10.7. The molecule has 1 aliphatic heterocycles. The molecule has 3 heterocycles. The first kappa shape index (κ1) is 23.9. The molecule has 4 rings (SSSR count). The van der Waals surface area contributed by atoms with Crippen LogP contribution >= 0.6 is 11.8 Å². The van der Waals surface area contributed by atoms with Crippen molar-refractivity contribution < 1.29 is 26.3 Å². The Labute approximate surface area is 192 Å². The van der Waals surface area contributed by atoms with Crippen LogP contribution in [0.3, 0.4) is 0 Å². The fourth-order valence-corrected chi connectivity index (χ4v) is 3.91. The number of aromatic nitrogens is 5. The van der Waals surface area contributed by atoms with Crippen molar-refractivity contribution in [2.24, 2.45) is 0 Å². The number of thioether (sulfide) groups is 1. The highest BCUT2D eigenvalue weighted by Crippen LogP contribution is 2.37. The summed E-state index contributed by atoms with van der Waals surface area (Å²) < 4.78 is 77.4. The highest BCUT2D eigenvalue weighted by molar-refractivity contribution is 8.00. The molecule has 0 N–H and O–H groups in total. The van der Waals surface area contributed by atoms with Gasteiger partial charge in [-0.05, 0) is 42.1 Å². The van der Waals surface area contributed by atoms with Gasteiger partial charge in [-0.3, -0.25) is 9.25 Å². The summed E-state index contributed by atoms with van der Waals surface area (Å²) in [5.41, 5.74) is -5.31. The molecule has 0 saturated carbocycles. The monoisotopic (exact) mass is 505 g/mol. The Hall–Kier alpha value is -3.23. The predicted molar refractivity (Wildman–Crippen MR) is 112 cm³/mol. The molecule has 0 radical (unpaired) electrons. The molecule has 0 unspecified atom stereocenters. The molecular weight excluding hydrogens is 488 g/mol. The van der Waals surface area contributed by atoms with Gasteiger partial charge in [0.2, 0.25) is 5.95 Å². The SMILES string of the molecule is O=c1nc(N2CCN(c3ccc(SC(F)(F)F)cc3)CC2)ncn1Cn1ccc(C(F)(F)F)n1. The van der Waals surface area contributed by atoms with Crippen molar-refractivity contribution in [3.8, 4) is 0 Å². The summed E-state index contributed by atoms with van der Waals surface area (Å²) in [6.07, 6.45) is -2.28. The van der Waals surface area contributed by atoms with Gasteiger partial charge in [-0.1, -0.05) is 0 Å². The Kier molecular flexibility index (Phi) is 6.47. The third-order valence-electron chi connectivity index (χ3n) is 4.98. The van der Waals surface area contributed by atoms with Gasteiger partial charge in [0.05, 0.1) is 0 Å². The average molecular weight is 505 g/mol. The lowest BCUT2D eigenvalue weighted by atomic mass is 10.2. The number of benzene rings is 1. The van der Waals surface area contributed by atoms with Gasteiger partial charge < -0.3 is 9.80 Å². The number of anilines is 2. The fourth-order valence-electron chi connectivity index (χ4n) is 3.37. The van der Waals surface area contributed by atoms with Crippen LogP contribution in [0.4, 0.5) is 38.0 Å². The number of hydrogen-bond donors (Lipinski definition) is 0. The van der Waals surface area contributed by atoms with Crippen molar-refractivity contribution in [1.82, 2.24) is 24.3 Å². The maximum absolute atomic E-state index is 12.7. The van der Waals surface area contributed by atoms with Gasteiger partial charge in [0.15, 0.2) is 5.69 Å². The van der Waals surface area contributed by atoms with Gasteiger partial charge >= 0.3 is 17.4 Å². The number of alkyl halides is 6. The number of hydrogen-bond acceptors (Lipinski definition) is 7. The van der Waals surface area contributed by atoms with Crippen LogP contribution in [-0.2, 0) is 12.8 Å². The minimum atomic E-state index is -4.58. The van der Waals surface area contributed by atoms with Crippen LogP contribution in [0.2, 0.25) is 0 Å². The first-order valence-electron chi connectivity index (χ1n) is 9.88. The number of rotatable bonds is 5. The Morgan fingerprint density at radius 2 is 1.56 bits per heavy atom. The minimum absolute atomic E-state index is 0.105. The summed E-state index contributed by atoms with van der Waals surface area (Å²) in [5.74, 6) is 0.189. The van der Waals surface area contributed by atoms with E-state index < -0.39 is 23.1 Å². The molecule has 0 amide bonds. The molecule has 1 aromatic carbocycles. The van der Waals surface area contributed by atoms with E-state index in [9.17, 15) is 31.1 Å². The predicted octanol–water partition coefficient (Wildman–Crippen LogP) is 3.30. The number of halogens is 6. The maximum Gasteiger partial charge on any atom is 0.446 e. The minimum Gasteiger partial charge on any atom is -0.368 e. The van der Waals surface area contributed by atoms with E-state index in [1.165, 1.54) is 18.5 Å². The molecular formula is C19H17F6N7OS. The summed E-state index contributed by atoms with van der Waals surface area (Å²) >= 11 is -0.171. The summed E-state index contributed by atoms with van der Waals surface area (Å²) in [5, 5.41) is 3.39. The lowest BCUT2D eigenvalue weighted by Crippen LogP contribution is -2.47. The molecule has 182 valence electrons. The third kappa shape index (κ3) is 5.81. The smallest absolute Gasteiger partial charge is 0.368 e. The quantitative estimate of drug-likeness (QED) is 0.389. The van der Waals surface area contributed by atoms with E-state index in [0.717, 1.165) is 27.2 Å². The van der Waals surface area contributed by atoms with Crippen LogP contribution in [0.15, 0.2) is 52.5 Å². The number of nitrogens with zero attached hydrogens (tertiary/aromatic N) is 7. The van der Waals surface area contributed by atoms with E-state index in [-0.39, 0.29) is 29.3 Å². The van der Waals surface area contributed by atoms with Crippen molar-refractivity contribution in [3.05, 3.63) is 59.0 Å². The lowest BCUT2D eigenvalue weighted by Gasteiger charge is -2.36. The molecule has 1 aliphatic rings. The van der Waals surface area contributed by atoms with Gasteiger partial charge in [-0.25, -0.2) is 9.78 Å². The van der Waals surface area contributed by atoms with Crippen LogP contribution in [0.1, 0.15) is 5.69 Å². The standard InChI is InChI=1S/C19H17F6N7OS/c20-18(21,22)15-5-6-32(28-15)12-31-11-26-16(27-17(31)33)30-9-7-29(8-10-30)13-1-3-14(4-2-13)34-19(23,24)25/h1-6,11H,7-10,12H2. The Morgan fingerprint density at radius 3 is 2.12 bits per heavy atom. The second kappa shape index (κ2) is 9.19. The van der Waals surface area contributed by atoms with Crippen LogP contribution in [-0.4, -0.2) is 56.0 Å². The second-order valence-corrected chi connectivity index (χ2v) is 8.44. The molecule has 3 aromatic rings. The average Bonchev–Trinajstić information content (AvgIpc) is 3.24.